The second-order valence-corrected chi connectivity index (χ2v) is 6.06. The molecule has 2 amide bonds. The van der Waals surface area contributed by atoms with Crippen molar-refractivity contribution in [2.24, 2.45) is 0 Å². The molecule has 0 spiro atoms. The van der Waals surface area contributed by atoms with Crippen LogP contribution in [0, 0.1) is 5.82 Å². The Morgan fingerprint density at radius 1 is 1.14 bits per heavy atom. The van der Waals surface area contributed by atoms with Gasteiger partial charge in [-0.05, 0) is 35.9 Å². The van der Waals surface area contributed by atoms with Crippen molar-refractivity contribution in [1.82, 2.24) is 14.9 Å². The minimum Gasteiger partial charge on any atom is -0.493 e. The first-order valence-corrected chi connectivity index (χ1v) is 8.49. The zero-order valence-electron chi connectivity index (χ0n) is 15.1. The summed E-state index contributed by atoms with van der Waals surface area (Å²) in [6.07, 6.45) is 2.77. The summed E-state index contributed by atoms with van der Waals surface area (Å²) in [5.41, 5.74) is 1.13. The van der Waals surface area contributed by atoms with Crippen molar-refractivity contribution in [3.63, 3.8) is 0 Å². The monoisotopic (exact) mass is 405 g/mol. The molecule has 0 bridgehead atoms. The molecule has 146 valence electrons. The highest BCUT2D eigenvalue weighted by molar-refractivity contribution is 6.31. The van der Waals surface area contributed by atoms with E-state index < -0.39 is 11.8 Å². The van der Waals surface area contributed by atoms with Crippen LogP contribution in [-0.4, -0.2) is 35.1 Å². The minimum absolute atomic E-state index is 0.0893. The van der Waals surface area contributed by atoms with E-state index in [9.17, 15) is 9.18 Å². The van der Waals surface area contributed by atoms with Crippen LogP contribution in [-0.2, 0) is 6.54 Å². The maximum atomic E-state index is 13.3. The van der Waals surface area contributed by atoms with Crippen molar-refractivity contribution in [2.75, 3.05) is 24.5 Å². The van der Waals surface area contributed by atoms with Crippen LogP contribution in [0.2, 0.25) is 5.02 Å². The first-order valence-electron chi connectivity index (χ1n) is 8.11. The maximum absolute atomic E-state index is 13.3. The Morgan fingerprint density at radius 2 is 1.86 bits per heavy atom. The lowest BCUT2D eigenvalue weighted by atomic mass is 10.2. The number of halogens is 2. The van der Waals surface area contributed by atoms with Crippen molar-refractivity contribution >= 4 is 23.3 Å². The normalized spacial score (nSPS) is 10.4. The molecular formula is C18H17ClFN5O3. The van der Waals surface area contributed by atoms with Crippen LogP contribution in [0.1, 0.15) is 5.56 Å². The van der Waals surface area contributed by atoms with E-state index in [1.54, 1.807) is 25.3 Å². The van der Waals surface area contributed by atoms with Gasteiger partial charge in [-0.15, -0.1) is 10.2 Å². The van der Waals surface area contributed by atoms with Gasteiger partial charge < -0.3 is 14.8 Å². The number of amides is 2. The molecule has 1 N–H and O–H groups in total. The summed E-state index contributed by atoms with van der Waals surface area (Å²) in [4.78, 5) is 12.8. The molecule has 2 aromatic carbocycles. The van der Waals surface area contributed by atoms with E-state index in [0.29, 0.717) is 17.2 Å². The lowest BCUT2D eigenvalue weighted by molar-refractivity contribution is 0.251. The van der Waals surface area contributed by atoms with Gasteiger partial charge in [0.05, 0.1) is 25.8 Å². The van der Waals surface area contributed by atoms with Crippen LogP contribution in [0.15, 0.2) is 49.1 Å². The third kappa shape index (κ3) is 4.32. The van der Waals surface area contributed by atoms with Crippen LogP contribution in [0.3, 0.4) is 0 Å². The number of urea groups is 1. The molecule has 10 heteroatoms. The summed E-state index contributed by atoms with van der Waals surface area (Å²) in [5, 5.41) is 11.4. The molecule has 28 heavy (non-hydrogen) atoms. The average Bonchev–Trinajstić information content (AvgIpc) is 3.23. The summed E-state index contributed by atoms with van der Waals surface area (Å²) in [5.74, 6) is 0.544. The van der Waals surface area contributed by atoms with Crippen LogP contribution < -0.4 is 19.8 Å². The maximum Gasteiger partial charge on any atom is 0.341 e. The largest absolute Gasteiger partial charge is 0.493 e. The smallest absolute Gasteiger partial charge is 0.341 e. The summed E-state index contributed by atoms with van der Waals surface area (Å²) in [7, 11) is 3.08. The molecule has 0 fully saturated rings. The minimum atomic E-state index is -0.569. The van der Waals surface area contributed by atoms with Crippen molar-refractivity contribution < 1.29 is 18.7 Å². The summed E-state index contributed by atoms with van der Waals surface area (Å²) >= 11 is 5.78. The fourth-order valence-electron chi connectivity index (χ4n) is 2.49. The molecule has 0 aliphatic carbocycles. The number of methoxy groups -OCH3 is 2. The van der Waals surface area contributed by atoms with E-state index in [1.165, 1.54) is 47.6 Å². The predicted molar refractivity (Wildman–Crippen MR) is 102 cm³/mol. The van der Waals surface area contributed by atoms with Crippen LogP contribution in [0.4, 0.5) is 14.9 Å². The lowest BCUT2D eigenvalue weighted by Gasteiger charge is -2.23. The number of rotatable bonds is 6. The van der Waals surface area contributed by atoms with Gasteiger partial charge in [-0.2, -0.15) is 0 Å². The predicted octanol–water partition coefficient (Wildman–Crippen LogP) is 3.46. The third-order valence-corrected chi connectivity index (χ3v) is 4.16. The number of nitrogens with one attached hydrogen (secondary N) is 1. The summed E-state index contributed by atoms with van der Waals surface area (Å²) in [6, 6.07) is 8.75. The fourth-order valence-corrected chi connectivity index (χ4v) is 2.67. The first kappa shape index (κ1) is 19.4. The van der Waals surface area contributed by atoms with Gasteiger partial charge in [-0.1, -0.05) is 17.7 Å². The fraction of sp³-hybridized carbons (Fsp3) is 0.167. The first-order chi connectivity index (χ1) is 13.5. The Labute approximate surface area is 165 Å². The quantitative estimate of drug-likeness (QED) is 0.679. The number of carbonyl (C=O) groups excluding carboxylic acids is 1. The van der Waals surface area contributed by atoms with Crippen LogP contribution in [0.5, 0.6) is 11.5 Å². The SMILES string of the molecule is COc1ccc(CN(C(=O)Nc2ccc(F)c(Cl)c2)n2cnnc2)cc1OC. The van der Waals surface area contributed by atoms with Gasteiger partial charge in [0.15, 0.2) is 11.5 Å². The molecule has 1 heterocycles. The molecule has 0 atom stereocenters. The van der Waals surface area contributed by atoms with Crippen molar-refractivity contribution in [1.29, 1.82) is 0 Å². The zero-order valence-corrected chi connectivity index (χ0v) is 15.9. The second-order valence-electron chi connectivity index (χ2n) is 5.65. The third-order valence-electron chi connectivity index (χ3n) is 3.87. The summed E-state index contributed by atoms with van der Waals surface area (Å²) in [6.45, 7) is 0.180. The molecular weight excluding hydrogens is 389 g/mol. The number of nitrogens with zero attached hydrogens (tertiary/aromatic N) is 4. The molecule has 0 unspecified atom stereocenters. The number of hydrogen-bond acceptors (Lipinski definition) is 5. The number of benzene rings is 2. The van der Waals surface area contributed by atoms with Gasteiger partial charge in [-0.3, -0.25) is 0 Å². The number of anilines is 1. The number of carbonyl (C=O) groups is 1. The molecule has 3 rings (SSSR count). The molecule has 0 saturated heterocycles. The highest BCUT2D eigenvalue weighted by Crippen LogP contribution is 2.28. The summed E-state index contributed by atoms with van der Waals surface area (Å²) < 4.78 is 25.3. The van der Waals surface area contributed by atoms with Gasteiger partial charge in [0.2, 0.25) is 0 Å². The Kier molecular flexibility index (Phi) is 5.95. The molecule has 0 radical (unpaired) electrons. The molecule has 0 aliphatic rings. The van der Waals surface area contributed by atoms with Gasteiger partial charge in [0.1, 0.15) is 18.5 Å². The van der Waals surface area contributed by atoms with Crippen molar-refractivity contribution in [2.45, 2.75) is 6.54 Å². The van der Waals surface area contributed by atoms with E-state index in [0.717, 1.165) is 5.56 Å². The van der Waals surface area contributed by atoms with E-state index in [-0.39, 0.29) is 11.6 Å². The standard InChI is InChI=1S/C18H17ClFN5O3/c1-27-16-6-3-12(7-17(16)28-2)9-25(24-10-21-22-11-24)18(26)23-13-4-5-15(20)14(19)8-13/h3-8,10-11H,9H2,1-2H3,(H,23,26). The van der Waals surface area contributed by atoms with E-state index in [4.69, 9.17) is 21.1 Å². The van der Waals surface area contributed by atoms with Gasteiger partial charge in [-0.25, -0.2) is 18.9 Å². The number of ether oxygens (including phenoxy) is 2. The van der Waals surface area contributed by atoms with Crippen molar-refractivity contribution in [3.8, 4) is 11.5 Å². The van der Waals surface area contributed by atoms with Crippen LogP contribution >= 0.6 is 11.6 Å². The van der Waals surface area contributed by atoms with E-state index in [2.05, 4.69) is 15.5 Å². The average molecular weight is 406 g/mol. The van der Waals surface area contributed by atoms with E-state index >= 15 is 0 Å². The Balaban J connectivity index is 1.85. The number of aromatic nitrogens is 3. The molecule has 0 aliphatic heterocycles. The zero-order chi connectivity index (χ0) is 20.1. The van der Waals surface area contributed by atoms with Crippen molar-refractivity contribution in [3.05, 3.63) is 65.5 Å². The molecule has 3 aromatic rings. The van der Waals surface area contributed by atoms with Gasteiger partial charge in [0.25, 0.3) is 0 Å². The van der Waals surface area contributed by atoms with Gasteiger partial charge >= 0.3 is 6.03 Å². The number of hydrogen-bond donors (Lipinski definition) is 1. The molecule has 1 aromatic heterocycles. The second kappa shape index (κ2) is 8.57. The Hall–Kier alpha value is -3.33. The Bertz CT molecular complexity index is 968. The lowest BCUT2D eigenvalue weighted by Crippen LogP contribution is -2.42. The van der Waals surface area contributed by atoms with Crippen LogP contribution in [0.25, 0.3) is 0 Å². The van der Waals surface area contributed by atoms with Gasteiger partial charge in [0, 0.05) is 5.69 Å². The molecule has 8 nitrogen and oxygen atoms in total. The highest BCUT2D eigenvalue weighted by atomic mass is 35.5. The molecule has 0 saturated carbocycles. The Morgan fingerprint density at radius 3 is 2.50 bits per heavy atom. The van der Waals surface area contributed by atoms with E-state index in [1.807, 2.05) is 0 Å². The topological polar surface area (TPSA) is 81.5 Å². The highest BCUT2D eigenvalue weighted by Gasteiger charge is 2.18.